The third kappa shape index (κ3) is 4.56. The fourth-order valence-electron chi connectivity index (χ4n) is 3.14. The molecule has 1 aliphatic heterocycles. The van der Waals surface area contributed by atoms with Gasteiger partial charge in [0.1, 0.15) is 5.82 Å². The molecular formula is C17H26FN3O3S. The van der Waals surface area contributed by atoms with Gasteiger partial charge < -0.3 is 11.1 Å². The summed E-state index contributed by atoms with van der Waals surface area (Å²) in [7, 11) is -3.74. The first kappa shape index (κ1) is 19.8. The summed E-state index contributed by atoms with van der Waals surface area (Å²) >= 11 is 0. The molecule has 1 heterocycles. The lowest BCUT2D eigenvalue weighted by Crippen LogP contribution is -2.49. The largest absolute Gasteiger partial charge is 0.354 e. The third-order valence-electron chi connectivity index (χ3n) is 4.50. The van der Waals surface area contributed by atoms with Gasteiger partial charge >= 0.3 is 0 Å². The van der Waals surface area contributed by atoms with Crippen molar-refractivity contribution < 1.29 is 17.6 Å². The third-order valence-corrected chi connectivity index (χ3v) is 6.43. The minimum Gasteiger partial charge on any atom is -0.354 e. The van der Waals surface area contributed by atoms with Crippen LogP contribution in [-0.4, -0.2) is 44.3 Å². The highest BCUT2D eigenvalue weighted by Crippen LogP contribution is 2.27. The Balaban J connectivity index is 2.24. The zero-order valence-electron chi connectivity index (χ0n) is 14.7. The Morgan fingerprint density at radius 2 is 1.96 bits per heavy atom. The van der Waals surface area contributed by atoms with Gasteiger partial charge in [0, 0.05) is 32.1 Å². The number of hydrogen-bond donors (Lipinski definition) is 2. The van der Waals surface area contributed by atoms with Crippen LogP contribution in [0.4, 0.5) is 4.39 Å². The molecule has 1 saturated heterocycles. The minimum absolute atomic E-state index is 0.101. The first-order chi connectivity index (χ1) is 11.8. The molecular weight excluding hydrogens is 345 g/mol. The number of nitrogens with one attached hydrogen (secondary N) is 1. The van der Waals surface area contributed by atoms with Gasteiger partial charge in [-0.1, -0.05) is 6.42 Å². The van der Waals surface area contributed by atoms with Gasteiger partial charge in [-0.15, -0.1) is 0 Å². The number of rotatable bonds is 6. The van der Waals surface area contributed by atoms with Crippen molar-refractivity contribution in [3.05, 3.63) is 29.1 Å². The van der Waals surface area contributed by atoms with E-state index in [2.05, 4.69) is 5.32 Å². The number of nitrogens with two attached hydrogens (primary N) is 1. The summed E-state index contributed by atoms with van der Waals surface area (Å²) in [4.78, 5) is 11.7. The number of nitrogens with zero attached hydrogens (tertiary/aromatic N) is 1. The molecule has 0 bridgehead atoms. The summed E-state index contributed by atoms with van der Waals surface area (Å²) in [5.41, 5.74) is 5.97. The summed E-state index contributed by atoms with van der Waals surface area (Å²) in [5.74, 6) is -0.568. The van der Waals surface area contributed by atoms with Crippen LogP contribution in [-0.2, 0) is 14.8 Å². The van der Waals surface area contributed by atoms with Crippen molar-refractivity contribution in [2.45, 2.75) is 50.5 Å². The molecule has 1 aliphatic rings. The molecule has 140 valence electrons. The van der Waals surface area contributed by atoms with Crippen molar-refractivity contribution in [3.8, 4) is 0 Å². The molecule has 0 aliphatic carbocycles. The molecule has 1 unspecified atom stereocenters. The summed E-state index contributed by atoms with van der Waals surface area (Å²) in [6.45, 7) is 4.03. The standard InChI is InChI=1S/C17H26FN3O3S/c1-12-9-15(10-13(2)17(12)18)25(23,24)21-8-4-3-5-14(21)11-20-16(22)6-7-19/h9-10,14H,3-8,11,19H2,1-2H3,(H,20,22). The van der Waals surface area contributed by atoms with Gasteiger partial charge in [-0.25, -0.2) is 12.8 Å². The van der Waals surface area contributed by atoms with Crippen LogP contribution < -0.4 is 11.1 Å². The molecule has 8 heteroatoms. The normalized spacial score (nSPS) is 19.0. The van der Waals surface area contributed by atoms with E-state index in [4.69, 9.17) is 5.73 Å². The van der Waals surface area contributed by atoms with E-state index in [-0.39, 0.29) is 42.2 Å². The van der Waals surface area contributed by atoms with E-state index in [1.165, 1.54) is 16.4 Å². The predicted molar refractivity (Wildman–Crippen MR) is 94.1 cm³/mol. The van der Waals surface area contributed by atoms with Gasteiger partial charge in [0.2, 0.25) is 15.9 Å². The minimum atomic E-state index is -3.74. The van der Waals surface area contributed by atoms with Crippen molar-refractivity contribution in [1.29, 1.82) is 0 Å². The average molecular weight is 371 g/mol. The maximum atomic E-state index is 13.8. The molecule has 1 aromatic rings. The summed E-state index contributed by atoms with van der Waals surface area (Å²) in [6.07, 6.45) is 2.58. The van der Waals surface area contributed by atoms with Crippen molar-refractivity contribution in [2.75, 3.05) is 19.6 Å². The van der Waals surface area contributed by atoms with Crippen LogP contribution in [0.1, 0.15) is 36.8 Å². The number of sulfonamides is 1. The van der Waals surface area contributed by atoms with Crippen LogP contribution in [0.25, 0.3) is 0 Å². The van der Waals surface area contributed by atoms with E-state index in [9.17, 15) is 17.6 Å². The number of carbonyl (C=O) groups is 1. The summed E-state index contributed by atoms with van der Waals surface area (Å²) < 4.78 is 41.4. The highest BCUT2D eigenvalue weighted by atomic mass is 32.2. The molecule has 3 N–H and O–H groups in total. The molecule has 6 nitrogen and oxygen atoms in total. The highest BCUT2D eigenvalue weighted by molar-refractivity contribution is 7.89. The molecule has 1 aromatic carbocycles. The number of halogens is 1. The topological polar surface area (TPSA) is 92.5 Å². The Kier molecular flexibility index (Phi) is 6.53. The second kappa shape index (κ2) is 8.25. The monoisotopic (exact) mass is 371 g/mol. The van der Waals surface area contributed by atoms with Gasteiger partial charge in [0.05, 0.1) is 4.90 Å². The van der Waals surface area contributed by atoms with E-state index in [1.54, 1.807) is 13.8 Å². The molecule has 2 rings (SSSR count). The number of amides is 1. The van der Waals surface area contributed by atoms with Crippen molar-refractivity contribution in [2.24, 2.45) is 5.73 Å². The zero-order chi connectivity index (χ0) is 18.6. The van der Waals surface area contributed by atoms with Gasteiger partial charge in [0.15, 0.2) is 0 Å². The van der Waals surface area contributed by atoms with Crippen LogP contribution in [0.5, 0.6) is 0 Å². The van der Waals surface area contributed by atoms with Crippen LogP contribution in [0.2, 0.25) is 0 Å². The first-order valence-corrected chi connectivity index (χ1v) is 9.96. The number of benzene rings is 1. The highest BCUT2D eigenvalue weighted by Gasteiger charge is 2.34. The second-order valence-electron chi connectivity index (χ2n) is 6.48. The summed E-state index contributed by atoms with van der Waals surface area (Å²) in [6, 6.07) is 2.44. The maximum absolute atomic E-state index is 13.8. The fraction of sp³-hybridized carbons (Fsp3) is 0.588. The summed E-state index contributed by atoms with van der Waals surface area (Å²) in [5, 5.41) is 2.75. The Hall–Kier alpha value is -1.51. The predicted octanol–water partition coefficient (Wildman–Crippen LogP) is 1.45. The molecule has 0 saturated carbocycles. The van der Waals surface area contributed by atoms with Crippen molar-refractivity contribution in [3.63, 3.8) is 0 Å². The van der Waals surface area contributed by atoms with E-state index in [0.717, 1.165) is 12.8 Å². The number of hydrogen-bond acceptors (Lipinski definition) is 4. The van der Waals surface area contributed by atoms with Gasteiger partial charge in [-0.2, -0.15) is 4.31 Å². The van der Waals surface area contributed by atoms with Crippen molar-refractivity contribution in [1.82, 2.24) is 9.62 Å². The molecule has 1 fully saturated rings. The Morgan fingerprint density at radius 3 is 2.56 bits per heavy atom. The smallest absolute Gasteiger partial charge is 0.243 e. The Labute approximate surface area is 148 Å². The zero-order valence-corrected chi connectivity index (χ0v) is 15.5. The van der Waals surface area contributed by atoms with Gasteiger partial charge in [-0.05, 0) is 49.9 Å². The van der Waals surface area contributed by atoms with E-state index < -0.39 is 10.0 Å². The Morgan fingerprint density at radius 1 is 1.32 bits per heavy atom. The average Bonchev–Trinajstić information content (AvgIpc) is 2.58. The van der Waals surface area contributed by atoms with Gasteiger partial charge in [-0.3, -0.25) is 4.79 Å². The fourth-order valence-corrected chi connectivity index (χ4v) is 5.00. The van der Waals surface area contributed by atoms with Crippen molar-refractivity contribution >= 4 is 15.9 Å². The lowest BCUT2D eigenvalue weighted by atomic mass is 10.1. The molecule has 1 atom stereocenters. The number of piperidine rings is 1. The van der Waals surface area contributed by atoms with Crippen LogP contribution >= 0.6 is 0 Å². The van der Waals surface area contributed by atoms with Crippen LogP contribution in [0, 0.1) is 19.7 Å². The number of carbonyl (C=O) groups excluding carboxylic acids is 1. The van der Waals surface area contributed by atoms with Crippen LogP contribution in [0.15, 0.2) is 17.0 Å². The Bertz CT molecular complexity index is 714. The van der Waals surface area contributed by atoms with E-state index in [1.807, 2.05) is 0 Å². The quantitative estimate of drug-likeness (QED) is 0.792. The van der Waals surface area contributed by atoms with Crippen LogP contribution in [0.3, 0.4) is 0 Å². The van der Waals surface area contributed by atoms with Gasteiger partial charge in [0.25, 0.3) is 0 Å². The molecule has 0 aromatic heterocycles. The molecule has 0 radical (unpaired) electrons. The molecule has 1 amide bonds. The van der Waals surface area contributed by atoms with E-state index in [0.29, 0.717) is 24.1 Å². The van der Waals surface area contributed by atoms with E-state index >= 15 is 0 Å². The molecule has 25 heavy (non-hydrogen) atoms. The lowest BCUT2D eigenvalue weighted by molar-refractivity contribution is -0.121. The number of aryl methyl sites for hydroxylation is 2. The first-order valence-electron chi connectivity index (χ1n) is 8.52. The molecule has 0 spiro atoms. The SMILES string of the molecule is Cc1cc(S(=O)(=O)N2CCCCC2CNC(=O)CCN)cc(C)c1F. The lowest BCUT2D eigenvalue weighted by Gasteiger charge is -2.35. The second-order valence-corrected chi connectivity index (χ2v) is 8.37. The maximum Gasteiger partial charge on any atom is 0.243 e.